The zero-order valence-corrected chi connectivity index (χ0v) is 10.1. The average Bonchev–Trinajstić information content (AvgIpc) is 3.10. The van der Waals surface area contributed by atoms with E-state index in [1.54, 1.807) is 4.90 Å². The molecule has 7 heteroatoms. The minimum atomic E-state index is -0.994. The van der Waals surface area contributed by atoms with Crippen LogP contribution in [-0.4, -0.2) is 33.5 Å². The van der Waals surface area contributed by atoms with E-state index >= 15 is 0 Å². The minimum Gasteiger partial charge on any atom is -0.480 e. The summed E-state index contributed by atoms with van der Waals surface area (Å²) < 4.78 is 13.2. The van der Waals surface area contributed by atoms with Crippen molar-refractivity contribution in [3.63, 3.8) is 0 Å². The fourth-order valence-corrected chi connectivity index (χ4v) is 2.01. The molecule has 0 saturated heterocycles. The van der Waals surface area contributed by atoms with E-state index in [0.717, 1.165) is 31.0 Å². The van der Waals surface area contributed by atoms with Crippen LogP contribution in [0.15, 0.2) is 18.2 Å². The monoisotopic (exact) mass is 268 g/mol. The van der Waals surface area contributed by atoms with Crippen molar-refractivity contribution in [1.29, 1.82) is 0 Å². The molecule has 102 valence electrons. The molecule has 6 nitrogen and oxygen atoms in total. The van der Waals surface area contributed by atoms with Gasteiger partial charge in [0.2, 0.25) is 0 Å². The van der Waals surface area contributed by atoms with Crippen LogP contribution in [0, 0.1) is 15.9 Å². The van der Waals surface area contributed by atoms with Gasteiger partial charge in [0, 0.05) is 24.2 Å². The summed E-state index contributed by atoms with van der Waals surface area (Å²) in [6.07, 6.45) is 1.74. The molecule has 2 rings (SSSR count). The van der Waals surface area contributed by atoms with Gasteiger partial charge in [-0.3, -0.25) is 19.8 Å². The van der Waals surface area contributed by atoms with Gasteiger partial charge in [0.15, 0.2) is 0 Å². The third kappa shape index (κ3) is 3.47. The number of nitro groups is 1. The molecule has 1 aromatic rings. The van der Waals surface area contributed by atoms with E-state index in [1.807, 2.05) is 0 Å². The number of hydrogen-bond donors (Lipinski definition) is 1. The van der Waals surface area contributed by atoms with E-state index in [2.05, 4.69) is 0 Å². The van der Waals surface area contributed by atoms with Crippen LogP contribution >= 0.6 is 0 Å². The molecule has 0 heterocycles. The highest BCUT2D eigenvalue weighted by Crippen LogP contribution is 2.30. The SMILES string of the molecule is O=C(O)CN(Cc1cc(F)ccc1[N+](=O)[O-])C1CC1. The summed E-state index contributed by atoms with van der Waals surface area (Å²) in [5, 5.41) is 19.7. The van der Waals surface area contributed by atoms with Gasteiger partial charge in [0.25, 0.3) is 5.69 Å². The number of nitro benzene ring substituents is 1. The summed E-state index contributed by atoms with van der Waals surface area (Å²) in [5.74, 6) is -1.56. The second kappa shape index (κ2) is 5.31. The molecule has 19 heavy (non-hydrogen) atoms. The standard InChI is InChI=1S/C12H13FN2O4/c13-9-1-4-11(15(18)19)8(5-9)6-14(7-12(16)17)10-2-3-10/h1,4-5,10H,2-3,6-7H2,(H,16,17). The topological polar surface area (TPSA) is 83.7 Å². The molecule has 0 bridgehead atoms. The predicted molar refractivity (Wildman–Crippen MR) is 64.1 cm³/mol. The van der Waals surface area contributed by atoms with E-state index in [-0.39, 0.29) is 30.4 Å². The van der Waals surface area contributed by atoms with Crippen molar-refractivity contribution in [2.24, 2.45) is 0 Å². The molecule has 0 aromatic heterocycles. The van der Waals surface area contributed by atoms with Crippen molar-refractivity contribution >= 4 is 11.7 Å². The van der Waals surface area contributed by atoms with Crippen molar-refractivity contribution in [2.45, 2.75) is 25.4 Å². The zero-order valence-electron chi connectivity index (χ0n) is 10.1. The number of hydrogen-bond acceptors (Lipinski definition) is 4. The highest BCUT2D eigenvalue weighted by molar-refractivity contribution is 5.69. The molecule has 0 spiro atoms. The summed E-state index contributed by atoms with van der Waals surface area (Å²) in [6.45, 7) is -0.122. The van der Waals surface area contributed by atoms with Gasteiger partial charge in [-0.15, -0.1) is 0 Å². The first-order valence-electron chi connectivity index (χ1n) is 5.86. The second-order valence-corrected chi connectivity index (χ2v) is 4.56. The molecule has 0 atom stereocenters. The Balaban J connectivity index is 2.22. The summed E-state index contributed by atoms with van der Waals surface area (Å²) in [6, 6.07) is 3.35. The van der Waals surface area contributed by atoms with Crippen LogP contribution in [0.1, 0.15) is 18.4 Å². The van der Waals surface area contributed by atoms with Gasteiger partial charge >= 0.3 is 5.97 Å². The van der Waals surface area contributed by atoms with Crippen molar-refractivity contribution < 1.29 is 19.2 Å². The molecular weight excluding hydrogens is 255 g/mol. The molecule has 0 unspecified atom stereocenters. The lowest BCUT2D eigenvalue weighted by Crippen LogP contribution is -2.31. The summed E-state index contributed by atoms with van der Waals surface area (Å²) in [7, 11) is 0. The van der Waals surface area contributed by atoms with Gasteiger partial charge in [-0.2, -0.15) is 0 Å². The lowest BCUT2D eigenvalue weighted by Gasteiger charge is -2.19. The summed E-state index contributed by atoms with van der Waals surface area (Å²) in [5.41, 5.74) is 0.0237. The second-order valence-electron chi connectivity index (χ2n) is 4.56. The van der Waals surface area contributed by atoms with Gasteiger partial charge in [0.05, 0.1) is 11.5 Å². The minimum absolute atomic E-state index is 0.0744. The van der Waals surface area contributed by atoms with Crippen LogP contribution in [0.25, 0.3) is 0 Å². The maximum Gasteiger partial charge on any atom is 0.317 e. The Labute approximate surface area is 108 Å². The Hall–Kier alpha value is -2.02. The third-order valence-corrected chi connectivity index (χ3v) is 3.01. The van der Waals surface area contributed by atoms with Crippen LogP contribution in [-0.2, 0) is 11.3 Å². The fraction of sp³-hybridized carbons (Fsp3) is 0.417. The van der Waals surface area contributed by atoms with E-state index in [4.69, 9.17) is 5.11 Å². The first-order chi connectivity index (χ1) is 8.97. The average molecular weight is 268 g/mol. The lowest BCUT2D eigenvalue weighted by atomic mass is 10.1. The van der Waals surface area contributed by atoms with Crippen molar-refractivity contribution in [1.82, 2.24) is 4.90 Å². The van der Waals surface area contributed by atoms with Gasteiger partial charge in [-0.05, 0) is 25.0 Å². The highest BCUT2D eigenvalue weighted by atomic mass is 19.1. The van der Waals surface area contributed by atoms with Gasteiger partial charge < -0.3 is 5.11 Å². The number of carboxylic acids is 1. The number of carboxylic acid groups (broad SMARTS) is 1. The Morgan fingerprint density at radius 2 is 2.21 bits per heavy atom. The van der Waals surface area contributed by atoms with E-state index in [1.165, 1.54) is 0 Å². The van der Waals surface area contributed by atoms with Gasteiger partial charge in [-0.25, -0.2) is 4.39 Å². The van der Waals surface area contributed by atoms with E-state index in [9.17, 15) is 19.3 Å². The Bertz CT molecular complexity index is 516. The summed E-state index contributed by atoms with van der Waals surface area (Å²) >= 11 is 0. The predicted octanol–water partition coefficient (Wildman–Crippen LogP) is 1.78. The number of aliphatic carboxylic acids is 1. The maximum absolute atomic E-state index is 13.2. The first kappa shape index (κ1) is 13.4. The summed E-state index contributed by atoms with van der Waals surface area (Å²) in [4.78, 5) is 22.7. The number of halogens is 1. The molecule has 1 saturated carbocycles. The molecule has 0 radical (unpaired) electrons. The van der Waals surface area contributed by atoms with Crippen molar-refractivity contribution in [3.05, 3.63) is 39.7 Å². The van der Waals surface area contributed by atoms with Crippen LogP contribution in [0.5, 0.6) is 0 Å². The molecule has 0 aliphatic heterocycles. The molecule has 1 fully saturated rings. The number of carbonyl (C=O) groups is 1. The number of nitrogens with zero attached hydrogens (tertiary/aromatic N) is 2. The number of benzene rings is 1. The lowest BCUT2D eigenvalue weighted by molar-refractivity contribution is -0.385. The van der Waals surface area contributed by atoms with Crippen molar-refractivity contribution in [2.75, 3.05) is 6.54 Å². The smallest absolute Gasteiger partial charge is 0.317 e. The van der Waals surface area contributed by atoms with E-state index in [0.29, 0.717) is 0 Å². The van der Waals surface area contributed by atoms with E-state index < -0.39 is 16.7 Å². The highest BCUT2D eigenvalue weighted by Gasteiger charge is 2.31. The largest absolute Gasteiger partial charge is 0.480 e. The molecule has 1 aliphatic rings. The van der Waals surface area contributed by atoms with Gasteiger partial charge in [-0.1, -0.05) is 0 Å². The molecule has 1 aromatic carbocycles. The molecule has 1 N–H and O–H groups in total. The molecule has 0 amide bonds. The van der Waals surface area contributed by atoms with Crippen LogP contribution < -0.4 is 0 Å². The Kier molecular flexibility index (Phi) is 3.75. The van der Waals surface area contributed by atoms with Crippen LogP contribution in [0.3, 0.4) is 0 Å². The normalized spacial score (nSPS) is 14.6. The zero-order chi connectivity index (χ0) is 14.0. The number of rotatable bonds is 6. The molecular formula is C12H13FN2O4. The van der Waals surface area contributed by atoms with Crippen LogP contribution in [0.2, 0.25) is 0 Å². The first-order valence-corrected chi connectivity index (χ1v) is 5.86. The Morgan fingerprint density at radius 3 is 2.74 bits per heavy atom. The Morgan fingerprint density at radius 1 is 1.53 bits per heavy atom. The fourth-order valence-electron chi connectivity index (χ4n) is 2.01. The third-order valence-electron chi connectivity index (χ3n) is 3.01. The van der Waals surface area contributed by atoms with Crippen molar-refractivity contribution in [3.8, 4) is 0 Å². The van der Waals surface area contributed by atoms with Gasteiger partial charge in [0.1, 0.15) is 5.82 Å². The molecule has 1 aliphatic carbocycles. The quantitative estimate of drug-likeness (QED) is 0.628. The van der Waals surface area contributed by atoms with Crippen LogP contribution in [0.4, 0.5) is 10.1 Å². The maximum atomic E-state index is 13.2.